The molecule has 0 aromatic heterocycles. The summed E-state index contributed by atoms with van der Waals surface area (Å²) in [6.07, 6.45) is 0.812. The summed E-state index contributed by atoms with van der Waals surface area (Å²) in [5.74, 6) is 0.752. The molecule has 0 radical (unpaired) electrons. The van der Waals surface area contributed by atoms with Crippen LogP contribution in [0.2, 0.25) is 0 Å². The summed E-state index contributed by atoms with van der Waals surface area (Å²) in [6.45, 7) is 6.75. The Balaban J connectivity index is 2.41. The number of hydrogen-bond acceptors (Lipinski definition) is 2. The van der Waals surface area contributed by atoms with Gasteiger partial charge in [-0.15, -0.1) is 0 Å². The van der Waals surface area contributed by atoms with Gasteiger partial charge in [0.2, 0.25) is 0 Å². The molecule has 1 aromatic carbocycles. The van der Waals surface area contributed by atoms with Gasteiger partial charge in [-0.3, -0.25) is 4.99 Å². The van der Waals surface area contributed by atoms with Gasteiger partial charge in [0.25, 0.3) is 0 Å². The SMILES string of the molecule is CC(C)(C)NC(N)=NCCc1ccc(O)cc1. The molecule has 1 aromatic rings. The van der Waals surface area contributed by atoms with Gasteiger partial charge < -0.3 is 16.2 Å². The molecular formula is C13H21N3O. The van der Waals surface area contributed by atoms with E-state index in [0.29, 0.717) is 12.5 Å². The Kier molecular flexibility index (Phi) is 4.37. The van der Waals surface area contributed by atoms with E-state index < -0.39 is 0 Å². The van der Waals surface area contributed by atoms with Gasteiger partial charge in [0.05, 0.1) is 0 Å². The molecule has 0 amide bonds. The maximum Gasteiger partial charge on any atom is 0.188 e. The molecule has 0 heterocycles. The lowest BCUT2D eigenvalue weighted by atomic mass is 10.1. The fraction of sp³-hybridized carbons (Fsp3) is 0.462. The molecule has 0 aliphatic carbocycles. The van der Waals surface area contributed by atoms with E-state index in [1.54, 1.807) is 12.1 Å². The fourth-order valence-corrected chi connectivity index (χ4v) is 1.39. The summed E-state index contributed by atoms with van der Waals surface area (Å²) in [5, 5.41) is 12.2. The van der Waals surface area contributed by atoms with E-state index in [0.717, 1.165) is 12.0 Å². The fourth-order valence-electron chi connectivity index (χ4n) is 1.39. The standard InChI is InChI=1S/C13H21N3O/c1-13(2,3)16-12(14)15-9-8-10-4-6-11(17)7-5-10/h4-7,17H,8-9H2,1-3H3,(H3,14,15,16). The lowest BCUT2D eigenvalue weighted by Gasteiger charge is -2.20. The van der Waals surface area contributed by atoms with Gasteiger partial charge in [-0.05, 0) is 44.9 Å². The number of nitrogens with one attached hydrogen (secondary N) is 1. The second-order valence-electron chi connectivity index (χ2n) is 5.06. The largest absolute Gasteiger partial charge is 0.508 e. The second-order valence-corrected chi connectivity index (χ2v) is 5.06. The molecule has 0 aliphatic heterocycles. The molecule has 1 rings (SSSR count). The summed E-state index contributed by atoms with van der Waals surface area (Å²) in [4.78, 5) is 4.25. The monoisotopic (exact) mass is 235 g/mol. The summed E-state index contributed by atoms with van der Waals surface area (Å²) in [6, 6.07) is 7.13. The number of phenolic OH excluding ortho intramolecular Hbond substituents is 1. The topological polar surface area (TPSA) is 70.6 Å². The van der Waals surface area contributed by atoms with Gasteiger partial charge in [0.1, 0.15) is 5.75 Å². The lowest BCUT2D eigenvalue weighted by Crippen LogP contribution is -2.45. The van der Waals surface area contributed by atoms with Crippen LogP contribution in [0.15, 0.2) is 29.3 Å². The van der Waals surface area contributed by atoms with E-state index in [1.807, 2.05) is 32.9 Å². The van der Waals surface area contributed by atoms with Crippen LogP contribution in [0.4, 0.5) is 0 Å². The Labute approximate surface area is 103 Å². The third kappa shape index (κ3) is 5.80. The average Bonchev–Trinajstić information content (AvgIpc) is 2.18. The van der Waals surface area contributed by atoms with E-state index in [2.05, 4.69) is 10.3 Å². The Morgan fingerprint density at radius 1 is 1.29 bits per heavy atom. The first-order chi connectivity index (χ1) is 7.87. The van der Waals surface area contributed by atoms with Crippen molar-refractivity contribution < 1.29 is 5.11 Å². The van der Waals surface area contributed by atoms with Crippen molar-refractivity contribution >= 4 is 5.96 Å². The molecule has 4 nitrogen and oxygen atoms in total. The van der Waals surface area contributed by atoms with Crippen LogP contribution in [0, 0.1) is 0 Å². The minimum atomic E-state index is -0.0634. The number of nitrogens with two attached hydrogens (primary N) is 1. The second kappa shape index (κ2) is 5.57. The summed E-state index contributed by atoms with van der Waals surface area (Å²) in [5.41, 5.74) is 6.82. The molecule has 94 valence electrons. The highest BCUT2D eigenvalue weighted by Gasteiger charge is 2.09. The maximum atomic E-state index is 9.14. The van der Waals surface area contributed by atoms with E-state index in [4.69, 9.17) is 10.8 Å². The van der Waals surface area contributed by atoms with Crippen molar-refractivity contribution in [3.05, 3.63) is 29.8 Å². The minimum Gasteiger partial charge on any atom is -0.508 e. The number of nitrogens with zero attached hydrogens (tertiary/aromatic N) is 1. The van der Waals surface area contributed by atoms with Crippen molar-refractivity contribution in [1.82, 2.24) is 5.32 Å². The molecule has 0 fully saturated rings. The molecule has 0 aliphatic rings. The zero-order valence-corrected chi connectivity index (χ0v) is 10.7. The summed E-state index contributed by atoms with van der Waals surface area (Å²) in [7, 11) is 0. The molecule has 0 saturated heterocycles. The van der Waals surface area contributed by atoms with Crippen LogP contribution in [0.3, 0.4) is 0 Å². The molecule has 0 spiro atoms. The van der Waals surface area contributed by atoms with E-state index in [9.17, 15) is 0 Å². The number of benzene rings is 1. The third-order valence-corrected chi connectivity index (χ3v) is 2.12. The Morgan fingerprint density at radius 3 is 2.41 bits per heavy atom. The first-order valence-electron chi connectivity index (χ1n) is 5.73. The molecule has 4 heteroatoms. The number of rotatable bonds is 3. The highest BCUT2D eigenvalue weighted by atomic mass is 16.3. The average molecular weight is 235 g/mol. The molecule has 17 heavy (non-hydrogen) atoms. The van der Waals surface area contributed by atoms with Crippen LogP contribution < -0.4 is 11.1 Å². The number of aromatic hydroxyl groups is 1. The molecular weight excluding hydrogens is 214 g/mol. The summed E-state index contributed by atoms with van der Waals surface area (Å²) >= 11 is 0. The molecule has 0 bridgehead atoms. The molecule has 4 N–H and O–H groups in total. The van der Waals surface area contributed by atoms with E-state index >= 15 is 0 Å². The highest BCUT2D eigenvalue weighted by molar-refractivity contribution is 5.78. The van der Waals surface area contributed by atoms with Gasteiger partial charge in [-0.2, -0.15) is 0 Å². The van der Waals surface area contributed by atoms with Crippen LogP contribution in [0.1, 0.15) is 26.3 Å². The van der Waals surface area contributed by atoms with Crippen molar-refractivity contribution in [1.29, 1.82) is 0 Å². The van der Waals surface area contributed by atoms with Gasteiger partial charge in [0.15, 0.2) is 5.96 Å². The highest BCUT2D eigenvalue weighted by Crippen LogP contribution is 2.09. The van der Waals surface area contributed by atoms with Crippen LogP contribution in [0.25, 0.3) is 0 Å². The van der Waals surface area contributed by atoms with Gasteiger partial charge in [0, 0.05) is 12.1 Å². The van der Waals surface area contributed by atoms with Crippen molar-refractivity contribution in [2.75, 3.05) is 6.54 Å². The maximum absolute atomic E-state index is 9.14. The van der Waals surface area contributed by atoms with Gasteiger partial charge in [-0.25, -0.2) is 0 Å². The van der Waals surface area contributed by atoms with Crippen LogP contribution in [0.5, 0.6) is 5.75 Å². The molecule has 0 atom stereocenters. The Bertz CT molecular complexity index is 377. The normalized spacial score (nSPS) is 12.5. The van der Waals surface area contributed by atoms with E-state index in [1.165, 1.54) is 0 Å². The van der Waals surface area contributed by atoms with Crippen LogP contribution in [-0.4, -0.2) is 23.1 Å². The zero-order chi connectivity index (χ0) is 12.9. The Morgan fingerprint density at radius 2 is 1.88 bits per heavy atom. The minimum absolute atomic E-state index is 0.0634. The van der Waals surface area contributed by atoms with Crippen molar-refractivity contribution in [3.63, 3.8) is 0 Å². The predicted molar refractivity (Wildman–Crippen MR) is 71.2 cm³/mol. The summed E-state index contributed by atoms with van der Waals surface area (Å²) < 4.78 is 0. The van der Waals surface area contributed by atoms with Crippen molar-refractivity contribution in [2.45, 2.75) is 32.7 Å². The molecule has 0 unspecified atom stereocenters. The predicted octanol–water partition coefficient (Wildman–Crippen LogP) is 1.64. The first-order valence-corrected chi connectivity index (χ1v) is 5.73. The molecule has 0 saturated carbocycles. The number of guanidine groups is 1. The number of aliphatic imine (C=N–C) groups is 1. The smallest absolute Gasteiger partial charge is 0.188 e. The zero-order valence-electron chi connectivity index (χ0n) is 10.7. The van der Waals surface area contributed by atoms with Crippen LogP contribution >= 0.6 is 0 Å². The number of phenols is 1. The van der Waals surface area contributed by atoms with E-state index in [-0.39, 0.29) is 11.3 Å². The van der Waals surface area contributed by atoms with Crippen molar-refractivity contribution in [2.24, 2.45) is 10.7 Å². The van der Waals surface area contributed by atoms with Crippen molar-refractivity contribution in [3.8, 4) is 5.75 Å². The van der Waals surface area contributed by atoms with Crippen LogP contribution in [-0.2, 0) is 6.42 Å². The third-order valence-electron chi connectivity index (χ3n) is 2.12. The lowest BCUT2D eigenvalue weighted by molar-refractivity contribution is 0.475. The van der Waals surface area contributed by atoms with Gasteiger partial charge >= 0.3 is 0 Å². The first kappa shape index (κ1) is 13.4. The van der Waals surface area contributed by atoms with Gasteiger partial charge in [-0.1, -0.05) is 12.1 Å². The number of hydrogen-bond donors (Lipinski definition) is 3. The Hall–Kier alpha value is -1.71. The quantitative estimate of drug-likeness (QED) is 0.551.